The standard InChI is InChI=1S/C22H21N3O/c26-22(21-13-20(21)19-6-2-1-3-7-19)25(15-17-8-11-23-12-9-17)16-18-5-4-10-24-14-18/h1-12,14,20-21H,13,15-16H2. The van der Waals surface area contributed by atoms with E-state index in [0.717, 1.165) is 17.5 Å². The maximum Gasteiger partial charge on any atom is 0.226 e. The Morgan fingerprint density at radius 3 is 2.38 bits per heavy atom. The minimum Gasteiger partial charge on any atom is -0.334 e. The van der Waals surface area contributed by atoms with Crippen molar-refractivity contribution < 1.29 is 4.79 Å². The number of hydrogen-bond donors (Lipinski definition) is 0. The van der Waals surface area contributed by atoms with Crippen molar-refractivity contribution in [3.05, 3.63) is 96.1 Å². The molecule has 1 fully saturated rings. The number of rotatable bonds is 6. The van der Waals surface area contributed by atoms with Gasteiger partial charge in [0.2, 0.25) is 5.91 Å². The highest BCUT2D eigenvalue weighted by Crippen LogP contribution is 2.48. The zero-order valence-electron chi connectivity index (χ0n) is 14.5. The van der Waals surface area contributed by atoms with E-state index in [2.05, 4.69) is 22.1 Å². The van der Waals surface area contributed by atoms with Crippen LogP contribution in [-0.2, 0) is 17.9 Å². The molecule has 0 radical (unpaired) electrons. The molecule has 0 saturated heterocycles. The van der Waals surface area contributed by atoms with Crippen molar-refractivity contribution in [1.82, 2.24) is 14.9 Å². The fourth-order valence-corrected chi connectivity index (χ4v) is 3.40. The molecule has 4 rings (SSSR count). The molecular weight excluding hydrogens is 322 g/mol. The van der Waals surface area contributed by atoms with Gasteiger partial charge in [-0.15, -0.1) is 0 Å². The van der Waals surface area contributed by atoms with E-state index in [-0.39, 0.29) is 11.8 Å². The number of pyridine rings is 2. The summed E-state index contributed by atoms with van der Waals surface area (Å²) in [5, 5.41) is 0. The summed E-state index contributed by atoms with van der Waals surface area (Å²) in [5.41, 5.74) is 3.40. The van der Waals surface area contributed by atoms with Gasteiger partial charge in [0, 0.05) is 43.8 Å². The quantitative estimate of drug-likeness (QED) is 0.684. The molecule has 2 heterocycles. The largest absolute Gasteiger partial charge is 0.334 e. The number of benzene rings is 1. The van der Waals surface area contributed by atoms with E-state index in [9.17, 15) is 4.79 Å². The lowest BCUT2D eigenvalue weighted by Gasteiger charge is -2.23. The molecule has 0 N–H and O–H groups in total. The van der Waals surface area contributed by atoms with E-state index < -0.39 is 0 Å². The Bertz CT molecular complexity index is 811. The highest BCUT2D eigenvalue weighted by atomic mass is 16.2. The van der Waals surface area contributed by atoms with Gasteiger partial charge >= 0.3 is 0 Å². The predicted molar refractivity (Wildman–Crippen MR) is 100 cm³/mol. The van der Waals surface area contributed by atoms with Gasteiger partial charge in [-0.2, -0.15) is 0 Å². The van der Waals surface area contributed by atoms with Gasteiger partial charge in [0.05, 0.1) is 0 Å². The van der Waals surface area contributed by atoms with Crippen LogP contribution < -0.4 is 0 Å². The third-order valence-electron chi connectivity index (χ3n) is 4.87. The molecule has 3 aromatic rings. The van der Waals surface area contributed by atoms with Gasteiger partial charge in [0.15, 0.2) is 0 Å². The summed E-state index contributed by atoms with van der Waals surface area (Å²) >= 11 is 0. The van der Waals surface area contributed by atoms with Crippen LogP contribution in [0.25, 0.3) is 0 Å². The molecule has 1 aliphatic rings. The Morgan fingerprint density at radius 2 is 1.65 bits per heavy atom. The van der Waals surface area contributed by atoms with Crippen LogP contribution in [0.1, 0.15) is 29.0 Å². The number of amides is 1. The second-order valence-corrected chi connectivity index (χ2v) is 6.77. The zero-order valence-corrected chi connectivity index (χ0v) is 14.5. The van der Waals surface area contributed by atoms with Crippen LogP contribution in [0.15, 0.2) is 79.4 Å². The number of nitrogens with zero attached hydrogens (tertiary/aromatic N) is 3. The number of aromatic nitrogens is 2. The van der Waals surface area contributed by atoms with E-state index in [1.165, 1.54) is 5.56 Å². The van der Waals surface area contributed by atoms with Gasteiger partial charge in [-0.25, -0.2) is 0 Å². The molecule has 1 aromatic carbocycles. The summed E-state index contributed by atoms with van der Waals surface area (Å²) in [6, 6.07) is 18.2. The predicted octanol–water partition coefficient (Wildman–Crippen LogP) is 3.81. The molecule has 1 aliphatic carbocycles. The first kappa shape index (κ1) is 16.5. The van der Waals surface area contributed by atoms with Crippen LogP contribution in [-0.4, -0.2) is 20.8 Å². The molecule has 0 spiro atoms. The summed E-state index contributed by atoms with van der Waals surface area (Å²) in [6.07, 6.45) is 8.06. The molecular formula is C22H21N3O. The average Bonchev–Trinajstić information content (AvgIpc) is 3.50. The van der Waals surface area contributed by atoms with Crippen LogP contribution in [0.5, 0.6) is 0 Å². The van der Waals surface area contributed by atoms with Gasteiger partial charge in [0.1, 0.15) is 0 Å². The second kappa shape index (κ2) is 7.48. The first-order valence-corrected chi connectivity index (χ1v) is 8.93. The summed E-state index contributed by atoms with van der Waals surface area (Å²) in [7, 11) is 0. The van der Waals surface area contributed by atoms with Crippen LogP contribution in [0.3, 0.4) is 0 Å². The van der Waals surface area contributed by atoms with Crippen molar-refractivity contribution >= 4 is 5.91 Å². The molecule has 2 atom stereocenters. The van der Waals surface area contributed by atoms with Crippen molar-refractivity contribution in [2.45, 2.75) is 25.4 Å². The third kappa shape index (κ3) is 3.80. The topological polar surface area (TPSA) is 46.1 Å². The molecule has 26 heavy (non-hydrogen) atoms. The van der Waals surface area contributed by atoms with Crippen molar-refractivity contribution in [3.8, 4) is 0 Å². The number of carbonyl (C=O) groups is 1. The van der Waals surface area contributed by atoms with Crippen molar-refractivity contribution in [3.63, 3.8) is 0 Å². The average molecular weight is 343 g/mol. The second-order valence-electron chi connectivity index (χ2n) is 6.77. The Labute approximate surface area is 153 Å². The first-order valence-electron chi connectivity index (χ1n) is 8.93. The Kier molecular flexibility index (Phi) is 4.73. The number of hydrogen-bond acceptors (Lipinski definition) is 3. The minimum atomic E-state index is 0.0795. The molecule has 2 unspecified atom stereocenters. The lowest BCUT2D eigenvalue weighted by atomic mass is 10.1. The van der Waals surface area contributed by atoms with E-state index in [0.29, 0.717) is 19.0 Å². The Morgan fingerprint density at radius 1 is 0.885 bits per heavy atom. The van der Waals surface area contributed by atoms with E-state index in [1.54, 1.807) is 18.6 Å². The van der Waals surface area contributed by atoms with Crippen LogP contribution in [0, 0.1) is 5.92 Å². The maximum atomic E-state index is 13.2. The molecule has 0 aliphatic heterocycles. The first-order chi connectivity index (χ1) is 12.8. The van der Waals surface area contributed by atoms with Gasteiger partial charge < -0.3 is 4.90 Å². The van der Waals surface area contributed by atoms with E-state index in [4.69, 9.17) is 0 Å². The van der Waals surface area contributed by atoms with Crippen LogP contribution in [0.2, 0.25) is 0 Å². The summed E-state index contributed by atoms with van der Waals surface area (Å²) < 4.78 is 0. The van der Waals surface area contributed by atoms with Crippen LogP contribution >= 0.6 is 0 Å². The smallest absolute Gasteiger partial charge is 0.226 e. The van der Waals surface area contributed by atoms with Gasteiger partial charge in [0.25, 0.3) is 0 Å². The highest BCUT2D eigenvalue weighted by molar-refractivity contribution is 5.83. The molecule has 130 valence electrons. The van der Waals surface area contributed by atoms with Gasteiger partial charge in [-0.3, -0.25) is 14.8 Å². The zero-order chi connectivity index (χ0) is 17.8. The molecule has 1 saturated carbocycles. The molecule has 4 nitrogen and oxygen atoms in total. The molecule has 4 heteroatoms. The summed E-state index contributed by atoms with van der Waals surface area (Å²) in [5.74, 6) is 0.646. The molecule has 0 bridgehead atoms. The molecule has 2 aromatic heterocycles. The summed E-state index contributed by atoms with van der Waals surface area (Å²) in [4.78, 5) is 23.4. The number of carbonyl (C=O) groups excluding carboxylic acids is 1. The molecule has 1 amide bonds. The normalized spacial score (nSPS) is 18.3. The Balaban J connectivity index is 1.51. The van der Waals surface area contributed by atoms with Crippen LogP contribution in [0.4, 0.5) is 0 Å². The van der Waals surface area contributed by atoms with Crippen molar-refractivity contribution in [2.24, 2.45) is 5.92 Å². The van der Waals surface area contributed by atoms with Crippen molar-refractivity contribution in [2.75, 3.05) is 0 Å². The minimum absolute atomic E-state index is 0.0795. The Hall–Kier alpha value is -3.01. The SMILES string of the molecule is O=C(C1CC1c1ccccc1)N(Cc1ccncc1)Cc1cccnc1. The monoisotopic (exact) mass is 343 g/mol. The van der Waals surface area contributed by atoms with E-state index in [1.807, 2.05) is 53.6 Å². The lowest BCUT2D eigenvalue weighted by molar-refractivity contribution is -0.134. The van der Waals surface area contributed by atoms with Gasteiger partial charge in [-0.05, 0) is 47.2 Å². The maximum absolute atomic E-state index is 13.2. The van der Waals surface area contributed by atoms with Gasteiger partial charge in [-0.1, -0.05) is 36.4 Å². The third-order valence-corrected chi connectivity index (χ3v) is 4.87. The highest BCUT2D eigenvalue weighted by Gasteiger charge is 2.45. The fraction of sp³-hybridized carbons (Fsp3) is 0.227. The van der Waals surface area contributed by atoms with E-state index >= 15 is 0 Å². The summed E-state index contributed by atoms with van der Waals surface area (Å²) in [6.45, 7) is 1.17. The van der Waals surface area contributed by atoms with Crippen molar-refractivity contribution in [1.29, 1.82) is 0 Å². The lowest BCUT2D eigenvalue weighted by Crippen LogP contribution is -2.31. The fourth-order valence-electron chi connectivity index (χ4n) is 3.40.